The highest BCUT2D eigenvalue weighted by Gasteiger charge is 2.28. The van der Waals surface area contributed by atoms with E-state index in [1.54, 1.807) is 0 Å². The number of hydrogen-bond donors (Lipinski definition) is 0. The number of rotatable bonds is 11. The van der Waals surface area contributed by atoms with Crippen molar-refractivity contribution in [1.82, 2.24) is 0 Å². The second-order valence-electron chi connectivity index (χ2n) is 6.88. The summed E-state index contributed by atoms with van der Waals surface area (Å²) >= 11 is 0. The van der Waals surface area contributed by atoms with Crippen LogP contribution in [0.5, 0.6) is 0 Å². The molecule has 0 radical (unpaired) electrons. The predicted octanol–water partition coefficient (Wildman–Crippen LogP) is 3.74. The van der Waals surface area contributed by atoms with E-state index in [9.17, 15) is 9.59 Å². The molecule has 148 valence electrons. The fraction of sp³-hybridized carbons (Fsp3) is 0.391. The molecule has 0 spiro atoms. The van der Waals surface area contributed by atoms with Gasteiger partial charge in [-0.2, -0.15) is 0 Å². The molecule has 28 heavy (non-hydrogen) atoms. The summed E-state index contributed by atoms with van der Waals surface area (Å²) in [5.74, 6) is -0.125. The first kappa shape index (κ1) is 20.2. The van der Waals surface area contributed by atoms with Gasteiger partial charge in [0.25, 0.3) is 0 Å². The summed E-state index contributed by atoms with van der Waals surface area (Å²) in [6.45, 7) is 3.21. The number of ether oxygens (including phenoxy) is 3. The first-order valence-electron chi connectivity index (χ1n) is 9.65. The summed E-state index contributed by atoms with van der Waals surface area (Å²) in [5.41, 5.74) is 4.87. The Morgan fingerprint density at radius 2 is 1.46 bits per heavy atom. The molecule has 0 bridgehead atoms. The van der Waals surface area contributed by atoms with Crippen molar-refractivity contribution < 1.29 is 23.8 Å². The fourth-order valence-electron chi connectivity index (χ4n) is 3.44. The van der Waals surface area contributed by atoms with Gasteiger partial charge in [0.2, 0.25) is 0 Å². The van der Waals surface area contributed by atoms with Gasteiger partial charge in [-0.1, -0.05) is 48.5 Å². The molecule has 0 heterocycles. The monoisotopic (exact) mass is 382 g/mol. The average molecular weight is 382 g/mol. The standard InChI is InChI=1S/C23H26O5/c1-17(24)15-27-14-13-26-12-6-11-23(25)28-16-22-20-9-4-2-7-18(20)19-8-3-5-10-21(19)22/h2-5,7-10,22H,6,11-16H2,1H3. The third kappa shape index (κ3) is 5.27. The van der Waals surface area contributed by atoms with Gasteiger partial charge in [-0.15, -0.1) is 0 Å². The molecule has 1 aliphatic rings. The van der Waals surface area contributed by atoms with Crippen LogP contribution >= 0.6 is 0 Å². The maximum atomic E-state index is 12.1. The maximum absolute atomic E-state index is 12.1. The largest absolute Gasteiger partial charge is 0.465 e. The van der Waals surface area contributed by atoms with Crippen molar-refractivity contribution in [3.63, 3.8) is 0 Å². The first-order valence-corrected chi connectivity index (χ1v) is 9.65. The van der Waals surface area contributed by atoms with Crippen LogP contribution in [-0.2, 0) is 23.8 Å². The minimum absolute atomic E-state index is 0.00439. The molecule has 0 saturated heterocycles. The number of esters is 1. The summed E-state index contributed by atoms with van der Waals surface area (Å²) in [5, 5.41) is 0. The Balaban J connectivity index is 1.39. The molecule has 0 saturated carbocycles. The van der Waals surface area contributed by atoms with Gasteiger partial charge in [0.1, 0.15) is 13.2 Å². The highest BCUT2D eigenvalue weighted by Crippen LogP contribution is 2.44. The van der Waals surface area contributed by atoms with E-state index in [4.69, 9.17) is 14.2 Å². The van der Waals surface area contributed by atoms with Crippen LogP contribution in [0.4, 0.5) is 0 Å². The van der Waals surface area contributed by atoms with Crippen LogP contribution in [0, 0.1) is 0 Å². The molecule has 0 unspecified atom stereocenters. The second-order valence-corrected chi connectivity index (χ2v) is 6.88. The number of fused-ring (bicyclic) bond motifs is 3. The topological polar surface area (TPSA) is 61.8 Å². The van der Waals surface area contributed by atoms with E-state index in [-0.39, 0.29) is 24.3 Å². The lowest BCUT2D eigenvalue weighted by atomic mass is 9.98. The van der Waals surface area contributed by atoms with Crippen molar-refractivity contribution in [2.24, 2.45) is 0 Å². The van der Waals surface area contributed by atoms with Gasteiger partial charge >= 0.3 is 5.97 Å². The summed E-state index contributed by atoms with van der Waals surface area (Å²) in [6.07, 6.45) is 0.924. The molecule has 5 nitrogen and oxygen atoms in total. The number of Topliss-reactive ketones (excluding diaryl/α,β-unsaturated/α-hetero) is 1. The van der Waals surface area contributed by atoms with E-state index < -0.39 is 0 Å². The Hall–Kier alpha value is -2.50. The van der Waals surface area contributed by atoms with Crippen molar-refractivity contribution in [3.8, 4) is 11.1 Å². The molecule has 0 atom stereocenters. The highest BCUT2D eigenvalue weighted by molar-refractivity contribution is 5.79. The lowest BCUT2D eigenvalue weighted by Crippen LogP contribution is -2.13. The minimum Gasteiger partial charge on any atom is -0.465 e. The molecule has 2 aromatic carbocycles. The Morgan fingerprint density at radius 3 is 2.11 bits per heavy atom. The highest BCUT2D eigenvalue weighted by atomic mass is 16.5. The van der Waals surface area contributed by atoms with Gasteiger partial charge in [0, 0.05) is 18.9 Å². The molecule has 0 aliphatic heterocycles. The summed E-state index contributed by atoms with van der Waals surface area (Å²) in [6, 6.07) is 16.6. The zero-order valence-corrected chi connectivity index (χ0v) is 16.2. The Labute approximate surface area is 165 Å². The molecule has 3 rings (SSSR count). The first-order chi connectivity index (χ1) is 13.7. The van der Waals surface area contributed by atoms with Crippen LogP contribution in [0.1, 0.15) is 36.8 Å². The van der Waals surface area contributed by atoms with Crippen molar-refractivity contribution >= 4 is 11.8 Å². The lowest BCUT2D eigenvalue weighted by molar-refractivity contribution is -0.144. The molecule has 5 heteroatoms. The van der Waals surface area contributed by atoms with E-state index in [1.807, 2.05) is 24.3 Å². The zero-order valence-electron chi connectivity index (χ0n) is 16.2. The zero-order chi connectivity index (χ0) is 19.8. The fourth-order valence-corrected chi connectivity index (χ4v) is 3.44. The molecule has 1 aliphatic carbocycles. The third-order valence-electron chi connectivity index (χ3n) is 4.72. The van der Waals surface area contributed by atoms with Gasteiger partial charge in [-0.05, 0) is 35.6 Å². The number of ketones is 1. The summed E-state index contributed by atoms with van der Waals surface area (Å²) in [7, 11) is 0. The molecule has 0 fully saturated rings. The Bertz CT molecular complexity index is 769. The quantitative estimate of drug-likeness (QED) is 0.438. The van der Waals surface area contributed by atoms with E-state index in [2.05, 4.69) is 24.3 Å². The van der Waals surface area contributed by atoms with Crippen molar-refractivity contribution in [2.75, 3.05) is 33.0 Å². The third-order valence-corrected chi connectivity index (χ3v) is 4.72. The number of carbonyl (C=O) groups is 2. The van der Waals surface area contributed by atoms with Gasteiger partial charge in [0.05, 0.1) is 13.2 Å². The van der Waals surface area contributed by atoms with Gasteiger partial charge in [0.15, 0.2) is 5.78 Å². The van der Waals surface area contributed by atoms with Crippen molar-refractivity contribution in [1.29, 1.82) is 0 Å². The SMILES string of the molecule is CC(=O)COCCOCCCC(=O)OCC1c2ccccc2-c2ccccc21. The van der Waals surface area contributed by atoms with Crippen LogP contribution < -0.4 is 0 Å². The number of carbonyl (C=O) groups excluding carboxylic acids is 2. The predicted molar refractivity (Wildman–Crippen MR) is 106 cm³/mol. The van der Waals surface area contributed by atoms with Crippen LogP contribution in [0.15, 0.2) is 48.5 Å². The van der Waals surface area contributed by atoms with Crippen LogP contribution in [0.25, 0.3) is 11.1 Å². The van der Waals surface area contributed by atoms with E-state index in [0.29, 0.717) is 39.3 Å². The van der Waals surface area contributed by atoms with Crippen LogP contribution in [0.2, 0.25) is 0 Å². The molecular weight excluding hydrogens is 356 g/mol. The minimum atomic E-state index is -0.210. The molecule has 0 aromatic heterocycles. The molecular formula is C23H26O5. The number of hydrogen-bond acceptors (Lipinski definition) is 5. The van der Waals surface area contributed by atoms with Crippen molar-refractivity contribution in [3.05, 3.63) is 59.7 Å². The second kappa shape index (κ2) is 10.2. The van der Waals surface area contributed by atoms with Crippen LogP contribution in [-0.4, -0.2) is 44.8 Å². The smallest absolute Gasteiger partial charge is 0.305 e. The summed E-state index contributed by atoms with van der Waals surface area (Å²) < 4.78 is 16.1. The van der Waals surface area contributed by atoms with Gasteiger partial charge < -0.3 is 14.2 Å². The van der Waals surface area contributed by atoms with Gasteiger partial charge in [-0.25, -0.2) is 0 Å². The van der Waals surface area contributed by atoms with Crippen molar-refractivity contribution in [2.45, 2.75) is 25.7 Å². The van der Waals surface area contributed by atoms with E-state index in [1.165, 1.54) is 29.2 Å². The number of benzene rings is 2. The Morgan fingerprint density at radius 1 is 0.857 bits per heavy atom. The molecule has 2 aromatic rings. The van der Waals surface area contributed by atoms with Crippen LogP contribution in [0.3, 0.4) is 0 Å². The lowest BCUT2D eigenvalue weighted by Gasteiger charge is -2.14. The maximum Gasteiger partial charge on any atom is 0.305 e. The average Bonchev–Trinajstić information content (AvgIpc) is 3.02. The normalized spacial score (nSPS) is 12.5. The van der Waals surface area contributed by atoms with E-state index >= 15 is 0 Å². The Kier molecular flexibility index (Phi) is 7.34. The van der Waals surface area contributed by atoms with E-state index in [0.717, 1.165) is 0 Å². The van der Waals surface area contributed by atoms with Gasteiger partial charge in [-0.3, -0.25) is 9.59 Å². The summed E-state index contributed by atoms with van der Waals surface area (Å²) in [4.78, 5) is 22.8. The molecule has 0 N–H and O–H groups in total. The molecule has 0 amide bonds.